The number of hydrogen-bond acceptors (Lipinski definition) is 2. The second-order valence-electron chi connectivity index (χ2n) is 2.36. The van der Waals surface area contributed by atoms with Gasteiger partial charge in [0.2, 0.25) is 0 Å². The molecule has 0 aromatic heterocycles. The zero-order chi connectivity index (χ0) is 8.97. The van der Waals surface area contributed by atoms with Crippen molar-refractivity contribution in [2.24, 2.45) is 0 Å². The molecule has 0 spiro atoms. The Morgan fingerprint density at radius 1 is 1.33 bits per heavy atom. The maximum Gasteiger partial charge on any atom is 0.310 e. The van der Waals surface area contributed by atoms with Crippen molar-refractivity contribution in [3.05, 3.63) is 30.3 Å². The van der Waals surface area contributed by atoms with E-state index in [2.05, 4.69) is 0 Å². The molecule has 3 nitrogen and oxygen atoms in total. The van der Waals surface area contributed by atoms with Crippen LogP contribution in [0.1, 0.15) is 0 Å². The van der Waals surface area contributed by atoms with Crippen LogP contribution in [0.2, 0.25) is 0 Å². The number of aliphatic carboxylic acids is 1. The van der Waals surface area contributed by atoms with E-state index in [1.807, 2.05) is 0 Å². The van der Waals surface area contributed by atoms with Gasteiger partial charge in [0, 0.05) is 5.30 Å². The summed E-state index contributed by atoms with van der Waals surface area (Å²) in [7, 11) is -2.12. The van der Waals surface area contributed by atoms with Gasteiger partial charge in [0.15, 0.2) is 0 Å². The largest absolute Gasteiger partial charge is 0.481 e. The van der Waals surface area contributed by atoms with Crippen molar-refractivity contribution in [2.75, 3.05) is 6.16 Å². The van der Waals surface area contributed by atoms with Gasteiger partial charge in [-0.05, 0) is 0 Å². The quantitative estimate of drug-likeness (QED) is 0.711. The average molecular weight is 184 g/mol. The first-order valence-corrected chi connectivity index (χ1v) is 5.12. The lowest BCUT2D eigenvalue weighted by Crippen LogP contribution is -2.04. The van der Waals surface area contributed by atoms with Crippen LogP contribution in [-0.2, 0) is 9.36 Å². The average Bonchev–Trinajstić information content (AvgIpc) is 2.05. The molecule has 0 heterocycles. The van der Waals surface area contributed by atoms with Crippen LogP contribution in [0, 0.1) is 0 Å². The molecule has 1 unspecified atom stereocenters. The Kier molecular flexibility index (Phi) is 3.06. The van der Waals surface area contributed by atoms with Crippen molar-refractivity contribution < 1.29 is 14.5 Å². The summed E-state index contributed by atoms with van der Waals surface area (Å²) in [5, 5.41) is 9.00. The highest BCUT2D eigenvalue weighted by Gasteiger charge is 2.06. The second-order valence-corrected chi connectivity index (χ2v) is 4.14. The molecule has 0 saturated heterocycles. The Morgan fingerprint density at radius 3 is 2.42 bits per heavy atom. The molecule has 1 rings (SSSR count). The van der Waals surface area contributed by atoms with Gasteiger partial charge in [-0.2, -0.15) is 0 Å². The van der Waals surface area contributed by atoms with Gasteiger partial charge in [-0.25, -0.2) is 0 Å². The van der Waals surface area contributed by atoms with Crippen LogP contribution in [0.15, 0.2) is 30.3 Å². The van der Waals surface area contributed by atoms with Crippen LogP contribution >= 0.6 is 7.80 Å². The molecule has 4 heteroatoms. The molecular formula is C8H9O3P. The Hall–Kier alpha value is -1.08. The zero-order valence-corrected chi connectivity index (χ0v) is 7.36. The van der Waals surface area contributed by atoms with E-state index in [0.29, 0.717) is 5.30 Å². The normalized spacial score (nSPS) is 12.3. The maximum absolute atomic E-state index is 11.3. The first-order valence-electron chi connectivity index (χ1n) is 3.50. The molecular weight excluding hydrogens is 175 g/mol. The Balaban J connectivity index is 2.73. The first-order chi connectivity index (χ1) is 5.70. The fourth-order valence-electron chi connectivity index (χ4n) is 0.863. The molecule has 0 aliphatic rings. The van der Waals surface area contributed by atoms with Crippen molar-refractivity contribution in [3.8, 4) is 0 Å². The van der Waals surface area contributed by atoms with Crippen molar-refractivity contribution in [3.63, 3.8) is 0 Å². The van der Waals surface area contributed by atoms with E-state index in [-0.39, 0.29) is 6.16 Å². The molecule has 0 bridgehead atoms. The van der Waals surface area contributed by atoms with Gasteiger partial charge in [-0.1, -0.05) is 30.3 Å². The molecule has 1 aromatic rings. The predicted octanol–water partition coefficient (Wildman–Crippen LogP) is 0.956. The second kappa shape index (κ2) is 4.07. The molecule has 12 heavy (non-hydrogen) atoms. The highest BCUT2D eigenvalue weighted by atomic mass is 31.1. The summed E-state index contributed by atoms with van der Waals surface area (Å²) in [5.74, 6) is -1.01. The van der Waals surface area contributed by atoms with E-state index in [1.165, 1.54) is 0 Å². The summed E-state index contributed by atoms with van der Waals surface area (Å²) in [6, 6.07) is 8.67. The molecule has 1 atom stereocenters. The highest BCUT2D eigenvalue weighted by Crippen LogP contribution is 2.18. The summed E-state index contributed by atoms with van der Waals surface area (Å²) in [6.45, 7) is 0. The Morgan fingerprint density at radius 2 is 1.92 bits per heavy atom. The summed E-state index contributed by atoms with van der Waals surface area (Å²) in [5.41, 5.74) is 0. The van der Waals surface area contributed by atoms with Gasteiger partial charge >= 0.3 is 5.97 Å². The molecule has 64 valence electrons. The third-order valence-corrected chi connectivity index (χ3v) is 3.01. The van der Waals surface area contributed by atoms with Crippen LogP contribution in [-0.4, -0.2) is 17.2 Å². The molecule has 1 aromatic carbocycles. The molecule has 0 aliphatic carbocycles. The number of hydrogen-bond donors (Lipinski definition) is 1. The van der Waals surface area contributed by atoms with Gasteiger partial charge in [-0.15, -0.1) is 0 Å². The summed E-state index contributed by atoms with van der Waals surface area (Å²) in [4.78, 5) is 10.2. The van der Waals surface area contributed by atoms with E-state index in [4.69, 9.17) is 5.11 Å². The first kappa shape index (κ1) is 9.01. The fourth-order valence-corrected chi connectivity index (χ4v) is 1.91. The van der Waals surface area contributed by atoms with E-state index >= 15 is 0 Å². The van der Waals surface area contributed by atoms with Gasteiger partial charge in [0.05, 0.1) is 0 Å². The zero-order valence-electron chi connectivity index (χ0n) is 6.36. The summed E-state index contributed by atoms with van der Waals surface area (Å²) < 4.78 is 11.3. The van der Waals surface area contributed by atoms with Crippen molar-refractivity contribution in [1.82, 2.24) is 0 Å². The molecule has 0 saturated carbocycles. The molecule has 0 aliphatic heterocycles. The lowest BCUT2D eigenvalue weighted by molar-refractivity contribution is -0.134. The van der Waals surface area contributed by atoms with Gasteiger partial charge < -0.3 is 9.67 Å². The third kappa shape index (κ3) is 2.51. The number of benzene rings is 1. The van der Waals surface area contributed by atoms with E-state index < -0.39 is 13.8 Å². The fraction of sp³-hybridized carbons (Fsp3) is 0.125. The van der Waals surface area contributed by atoms with Crippen LogP contribution in [0.25, 0.3) is 0 Å². The van der Waals surface area contributed by atoms with Crippen molar-refractivity contribution >= 4 is 19.1 Å². The third-order valence-electron chi connectivity index (χ3n) is 1.41. The maximum atomic E-state index is 11.3. The number of carbonyl (C=O) groups is 1. The minimum absolute atomic E-state index is 0.255. The van der Waals surface area contributed by atoms with E-state index in [9.17, 15) is 9.36 Å². The SMILES string of the molecule is O=C(O)C[PH](=O)c1ccccc1. The van der Waals surface area contributed by atoms with E-state index in [1.54, 1.807) is 30.3 Å². The standard InChI is InChI=1S/C8H9O3P/c9-8(10)6-12(11)7-4-2-1-3-5-7/h1-5,12H,6H2,(H,9,10). The van der Waals surface area contributed by atoms with Crippen LogP contribution in [0.3, 0.4) is 0 Å². The number of carboxylic acids is 1. The topological polar surface area (TPSA) is 54.4 Å². The van der Waals surface area contributed by atoms with Crippen LogP contribution in [0.4, 0.5) is 0 Å². The monoisotopic (exact) mass is 184 g/mol. The van der Waals surface area contributed by atoms with Crippen molar-refractivity contribution in [1.29, 1.82) is 0 Å². The molecule has 0 radical (unpaired) electrons. The smallest absolute Gasteiger partial charge is 0.310 e. The van der Waals surface area contributed by atoms with Crippen molar-refractivity contribution in [2.45, 2.75) is 0 Å². The lowest BCUT2D eigenvalue weighted by atomic mass is 10.4. The van der Waals surface area contributed by atoms with Gasteiger partial charge in [0.25, 0.3) is 0 Å². The predicted molar refractivity (Wildman–Crippen MR) is 47.6 cm³/mol. The van der Waals surface area contributed by atoms with E-state index in [0.717, 1.165) is 0 Å². The van der Waals surface area contributed by atoms with Gasteiger partial charge in [0.1, 0.15) is 14.0 Å². The van der Waals surface area contributed by atoms with Gasteiger partial charge in [-0.3, -0.25) is 4.79 Å². The van der Waals surface area contributed by atoms with Crippen LogP contribution < -0.4 is 5.30 Å². The highest BCUT2D eigenvalue weighted by molar-refractivity contribution is 7.54. The minimum atomic E-state index is -2.12. The lowest BCUT2D eigenvalue weighted by Gasteiger charge is -1.96. The summed E-state index contributed by atoms with van der Waals surface area (Å²) in [6.07, 6.45) is -0.255. The van der Waals surface area contributed by atoms with Crippen LogP contribution in [0.5, 0.6) is 0 Å². The molecule has 1 N–H and O–H groups in total. The number of carboxylic acid groups (broad SMARTS) is 1. The number of rotatable bonds is 3. The Bertz CT molecular complexity index is 294. The summed E-state index contributed by atoms with van der Waals surface area (Å²) >= 11 is 0. The molecule has 0 fully saturated rings. The minimum Gasteiger partial charge on any atom is -0.481 e. The molecule has 0 amide bonds. The Labute approximate surface area is 70.8 Å².